The highest BCUT2D eigenvalue weighted by molar-refractivity contribution is 7.91. The van der Waals surface area contributed by atoms with Crippen LogP contribution in [0.4, 0.5) is 4.39 Å². The molecule has 3 heterocycles. The maximum absolute atomic E-state index is 12.9. The summed E-state index contributed by atoms with van der Waals surface area (Å²) in [5.74, 6) is -0.199. The number of nitrogens with one attached hydrogen (secondary N) is 1. The van der Waals surface area contributed by atoms with Gasteiger partial charge in [-0.3, -0.25) is 4.79 Å². The second-order valence-electron chi connectivity index (χ2n) is 6.79. The highest BCUT2D eigenvalue weighted by Crippen LogP contribution is 2.25. The molecule has 12 heteroatoms. The molecule has 170 valence electrons. The van der Waals surface area contributed by atoms with E-state index in [1.807, 2.05) is 0 Å². The molecule has 2 aromatic heterocycles. The van der Waals surface area contributed by atoms with Crippen LogP contribution in [-0.4, -0.2) is 49.9 Å². The van der Waals surface area contributed by atoms with Crippen molar-refractivity contribution in [3.63, 3.8) is 0 Å². The van der Waals surface area contributed by atoms with Gasteiger partial charge in [0.05, 0.1) is 19.8 Å². The Hall–Kier alpha value is -2.38. The molecule has 1 aliphatic rings. The predicted molar refractivity (Wildman–Crippen MR) is 118 cm³/mol. The summed E-state index contributed by atoms with van der Waals surface area (Å²) in [6.07, 6.45) is 0. The summed E-state index contributed by atoms with van der Waals surface area (Å²) in [4.78, 5) is 17.4. The molecule has 0 atom stereocenters. The normalized spacial score (nSPS) is 14.9. The second kappa shape index (κ2) is 10.0. The lowest BCUT2D eigenvalue weighted by molar-refractivity contribution is 0.0731. The minimum atomic E-state index is -3.55. The van der Waals surface area contributed by atoms with Gasteiger partial charge in [0.15, 0.2) is 0 Å². The van der Waals surface area contributed by atoms with E-state index in [0.29, 0.717) is 37.1 Å². The van der Waals surface area contributed by atoms with Gasteiger partial charge in [0.2, 0.25) is 0 Å². The van der Waals surface area contributed by atoms with Crippen LogP contribution in [0.1, 0.15) is 20.4 Å². The van der Waals surface area contributed by atoms with Crippen molar-refractivity contribution in [1.29, 1.82) is 0 Å². The number of carbonyl (C=O) groups is 1. The average molecular weight is 498 g/mol. The maximum Gasteiger partial charge on any atom is 0.271 e. The molecule has 0 unspecified atom stereocenters. The van der Waals surface area contributed by atoms with Gasteiger partial charge in [0.25, 0.3) is 15.9 Å². The van der Waals surface area contributed by atoms with Crippen LogP contribution >= 0.6 is 22.7 Å². The molecule has 0 aliphatic carbocycles. The molecule has 1 N–H and O–H groups in total. The number of sulfonamides is 1. The number of amides is 1. The van der Waals surface area contributed by atoms with Crippen LogP contribution in [-0.2, 0) is 27.9 Å². The molecule has 0 saturated carbocycles. The van der Waals surface area contributed by atoms with Crippen LogP contribution < -0.4 is 10.1 Å². The summed E-state index contributed by atoms with van der Waals surface area (Å²) >= 11 is 2.41. The number of morpholine rings is 1. The van der Waals surface area contributed by atoms with Crippen LogP contribution in [0.25, 0.3) is 0 Å². The first-order valence-corrected chi connectivity index (χ1v) is 12.8. The minimum Gasteiger partial charge on any atom is -0.486 e. The van der Waals surface area contributed by atoms with Crippen LogP contribution in [0.3, 0.4) is 0 Å². The Morgan fingerprint density at radius 2 is 1.94 bits per heavy atom. The van der Waals surface area contributed by atoms with Gasteiger partial charge in [0.1, 0.15) is 33.1 Å². The van der Waals surface area contributed by atoms with E-state index in [1.165, 1.54) is 39.9 Å². The van der Waals surface area contributed by atoms with Crippen molar-refractivity contribution in [3.8, 4) is 5.75 Å². The number of halogens is 1. The van der Waals surface area contributed by atoms with Crippen molar-refractivity contribution in [2.75, 3.05) is 26.3 Å². The molecule has 0 radical (unpaired) electrons. The van der Waals surface area contributed by atoms with E-state index in [2.05, 4.69) is 10.3 Å². The Balaban J connectivity index is 1.30. The second-order valence-corrected chi connectivity index (χ2v) is 11.1. The van der Waals surface area contributed by atoms with Crippen LogP contribution in [0.5, 0.6) is 5.75 Å². The summed E-state index contributed by atoms with van der Waals surface area (Å²) in [6.45, 7) is 1.81. The van der Waals surface area contributed by atoms with Crippen molar-refractivity contribution in [1.82, 2.24) is 14.6 Å². The number of carbonyl (C=O) groups excluding carboxylic acids is 1. The van der Waals surface area contributed by atoms with Gasteiger partial charge in [-0.25, -0.2) is 17.8 Å². The molecule has 1 aliphatic heterocycles. The SMILES string of the molecule is O=C(NCc1ccc(S(=O)(=O)N2CCOCC2)s1)c1csc(COc2ccc(F)cc2)n1. The Labute approximate surface area is 192 Å². The van der Waals surface area contributed by atoms with Crippen LogP contribution in [0.2, 0.25) is 0 Å². The third kappa shape index (κ3) is 5.51. The number of rotatable bonds is 8. The summed E-state index contributed by atoms with van der Waals surface area (Å²) in [7, 11) is -3.55. The topological polar surface area (TPSA) is 97.8 Å². The van der Waals surface area contributed by atoms with Gasteiger partial charge in [-0.2, -0.15) is 4.31 Å². The molecule has 1 amide bonds. The Morgan fingerprint density at radius 1 is 1.19 bits per heavy atom. The molecule has 4 rings (SSSR count). The van der Waals surface area contributed by atoms with Gasteiger partial charge in [-0.15, -0.1) is 22.7 Å². The first-order chi connectivity index (χ1) is 15.4. The lowest BCUT2D eigenvalue weighted by Crippen LogP contribution is -2.40. The summed E-state index contributed by atoms with van der Waals surface area (Å²) in [5.41, 5.74) is 0.255. The number of hydrogen-bond donors (Lipinski definition) is 1. The molecule has 1 fully saturated rings. The number of aromatic nitrogens is 1. The summed E-state index contributed by atoms with van der Waals surface area (Å²) in [6, 6.07) is 8.90. The zero-order valence-corrected chi connectivity index (χ0v) is 19.3. The zero-order chi connectivity index (χ0) is 22.6. The van der Waals surface area contributed by atoms with Crippen molar-refractivity contribution in [3.05, 3.63) is 63.2 Å². The summed E-state index contributed by atoms with van der Waals surface area (Å²) in [5, 5.41) is 4.99. The first-order valence-electron chi connectivity index (χ1n) is 9.69. The molecule has 3 aromatic rings. The molecule has 32 heavy (non-hydrogen) atoms. The third-order valence-corrected chi connectivity index (χ3v) is 8.86. The molecule has 0 spiro atoms. The van der Waals surface area contributed by atoms with Crippen molar-refractivity contribution in [2.24, 2.45) is 0 Å². The van der Waals surface area contributed by atoms with E-state index in [9.17, 15) is 17.6 Å². The quantitative estimate of drug-likeness (QED) is 0.514. The smallest absolute Gasteiger partial charge is 0.271 e. The predicted octanol–water partition coefficient (Wildman–Crippen LogP) is 2.87. The van der Waals surface area contributed by atoms with Crippen molar-refractivity contribution in [2.45, 2.75) is 17.4 Å². The number of nitrogens with zero attached hydrogens (tertiary/aromatic N) is 2. The molecular weight excluding hydrogens is 477 g/mol. The van der Waals surface area contributed by atoms with Gasteiger partial charge >= 0.3 is 0 Å². The number of benzene rings is 1. The van der Waals surface area contributed by atoms with E-state index in [-0.39, 0.29) is 34.8 Å². The van der Waals surface area contributed by atoms with Gasteiger partial charge in [-0.05, 0) is 36.4 Å². The molecular formula is C20H20FN3O5S3. The number of hydrogen-bond acceptors (Lipinski definition) is 8. The van der Waals surface area contributed by atoms with Gasteiger partial charge in [-0.1, -0.05) is 0 Å². The number of thiazole rings is 1. The highest BCUT2D eigenvalue weighted by atomic mass is 32.2. The van der Waals surface area contributed by atoms with E-state index in [1.54, 1.807) is 17.5 Å². The Bertz CT molecular complexity index is 1170. The van der Waals surface area contributed by atoms with Crippen molar-refractivity contribution < 1.29 is 27.1 Å². The first kappa shape index (κ1) is 22.8. The van der Waals surface area contributed by atoms with Crippen LogP contribution in [0.15, 0.2) is 46.0 Å². The number of thiophene rings is 1. The maximum atomic E-state index is 12.9. The standard InChI is InChI=1S/C20H20FN3O5S3/c21-14-1-3-15(4-2-14)29-12-18-23-17(13-30-18)20(25)22-11-16-5-6-19(31-16)32(26,27)24-7-9-28-10-8-24/h1-6,13H,7-12H2,(H,22,25). The van der Waals surface area contributed by atoms with E-state index in [0.717, 1.165) is 16.2 Å². The Kier molecular flexibility index (Phi) is 7.16. The molecule has 8 nitrogen and oxygen atoms in total. The fourth-order valence-electron chi connectivity index (χ4n) is 2.92. The molecule has 0 bridgehead atoms. The fraction of sp³-hybridized carbons (Fsp3) is 0.300. The minimum absolute atomic E-state index is 0.164. The fourth-order valence-corrected chi connectivity index (χ4v) is 6.46. The molecule has 1 aromatic carbocycles. The van der Waals surface area contributed by atoms with E-state index in [4.69, 9.17) is 9.47 Å². The summed E-state index contributed by atoms with van der Waals surface area (Å²) < 4.78 is 50.7. The average Bonchev–Trinajstić information content (AvgIpc) is 3.48. The van der Waals surface area contributed by atoms with Crippen molar-refractivity contribution >= 4 is 38.6 Å². The van der Waals surface area contributed by atoms with E-state index >= 15 is 0 Å². The van der Waals surface area contributed by atoms with Gasteiger partial charge in [0, 0.05) is 23.3 Å². The third-order valence-electron chi connectivity index (χ3n) is 4.58. The highest BCUT2D eigenvalue weighted by Gasteiger charge is 2.27. The lowest BCUT2D eigenvalue weighted by Gasteiger charge is -2.25. The molecule has 1 saturated heterocycles. The Morgan fingerprint density at radius 3 is 2.69 bits per heavy atom. The zero-order valence-electron chi connectivity index (χ0n) is 16.8. The van der Waals surface area contributed by atoms with E-state index < -0.39 is 10.0 Å². The largest absolute Gasteiger partial charge is 0.486 e. The monoisotopic (exact) mass is 497 g/mol. The number of ether oxygens (including phenoxy) is 2. The van der Waals surface area contributed by atoms with Crippen LogP contribution in [0, 0.1) is 5.82 Å². The van der Waals surface area contributed by atoms with Gasteiger partial charge < -0.3 is 14.8 Å². The lowest BCUT2D eigenvalue weighted by atomic mass is 10.3.